The molecule has 0 unspecified atom stereocenters. The van der Waals surface area contributed by atoms with Crippen LogP contribution in [0.2, 0.25) is 0 Å². The molecule has 2 fully saturated rings. The zero-order chi connectivity index (χ0) is 11.4. The van der Waals surface area contributed by atoms with Gasteiger partial charge in [-0.1, -0.05) is 0 Å². The fraction of sp³-hybridized carbons (Fsp3) is 0.917. The molecule has 2 N–H and O–H groups in total. The molecule has 2 bridgehead atoms. The van der Waals surface area contributed by atoms with Crippen molar-refractivity contribution in [3.05, 3.63) is 0 Å². The lowest BCUT2D eigenvalue weighted by atomic mass is 9.80. The van der Waals surface area contributed by atoms with Crippen LogP contribution in [0.5, 0.6) is 0 Å². The average Bonchev–Trinajstić information content (AvgIpc) is 2.32. The van der Waals surface area contributed by atoms with Gasteiger partial charge in [-0.25, -0.2) is 0 Å². The van der Waals surface area contributed by atoms with E-state index in [-0.39, 0.29) is 5.97 Å². The lowest BCUT2D eigenvalue weighted by Gasteiger charge is -2.41. The first-order valence-corrected chi connectivity index (χ1v) is 6.30. The molecule has 2 saturated heterocycles. The van der Waals surface area contributed by atoms with Crippen LogP contribution in [0.15, 0.2) is 0 Å². The molecular formula is C12H22N2O2. The Bertz CT molecular complexity index is 245. The van der Waals surface area contributed by atoms with Crippen molar-refractivity contribution in [3.63, 3.8) is 0 Å². The highest BCUT2D eigenvalue weighted by molar-refractivity contribution is 5.68. The normalized spacial score (nSPS) is 33.4. The van der Waals surface area contributed by atoms with Crippen LogP contribution in [0, 0.1) is 11.8 Å². The molecule has 2 heterocycles. The SMILES string of the molecule is COC(=O)CCC[C@@H]1NC[C@H]2CNC[C@@H]1C2. The lowest BCUT2D eigenvalue weighted by Crippen LogP contribution is -2.54. The summed E-state index contributed by atoms with van der Waals surface area (Å²) in [5.74, 6) is 1.48. The summed E-state index contributed by atoms with van der Waals surface area (Å²) in [4.78, 5) is 11.0. The molecule has 2 aliphatic rings. The number of esters is 1. The topological polar surface area (TPSA) is 50.4 Å². The van der Waals surface area contributed by atoms with Crippen molar-refractivity contribution in [2.45, 2.75) is 31.7 Å². The van der Waals surface area contributed by atoms with Crippen molar-refractivity contribution in [3.8, 4) is 0 Å². The second kappa shape index (κ2) is 5.64. The summed E-state index contributed by atoms with van der Waals surface area (Å²) in [6.07, 6.45) is 3.93. The van der Waals surface area contributed by atoms with Gasteiger partial charge in [0.15, 0.2) is 0 Å². The molecule has 0 spiro atoms. The van der Waals surface area contributed by atoms with Crippen molar-refractivity contribution in [2.75, 3.05) is 26.7 Å². The van der Waals surface area contributed by atoms with Crippen LogP contribution in [0.1, 0.15) is 25.7 Å². The fourth-order valence-corrected chi connectivity index (χ4v) is 2.92. The maximum absolute atomic E-state index is 11.0. The number of rotatable bonds is 4. The van der Waals surface area contributed by atoms with Gasteiger partial charge in [-0.15, -0.1) is 0 Å². The predicted octanol–water partition coefficient (Wildman–Crippen LogP) is 0.527. The third-order valence-corrected chi connectivity index (χ3v) is 3.84. The van der Waals surface area contributed by atoms with Crippen molar-refractivity contribution in [1.82, 2.24) is 10.6 Å². The van der Waals surface area contributed by atoms with Crippen LogP contribution in [0.25, 0.3) is 0 Å². The Morgan fingerprint density at radius 1 is 1.38 bits per heavy atom. The van der Waals surface area contributed by atoms with Gasteiger partial charge in [-0.3, -0.25) is 4.79 Å². The number of methoxy groups -OCH3 is 1. The molecule has 0 radical (unpaired) electrons. The standard InChI is InChI=1S/C12H22N2O2/c1-16-12(15)4-2-3-11-10-5-9(7-14-11)6-13-8-10/h9-11,13-14H,2-8H2,1H3/t9-,10+,11+/m1/s1. The number of carbonyl (C=O) groups is 1. The summed E-state index contributed by atoms with van der Waals surface area (Å²) in [7, 11) is 1.46. The first-order chi connectivity index (χ1) is 7.79. The highest BCUT2D eigenvalue weighted by Gasteiger charge is 2.32. The molecule has 0 aromatic heterocycles. The summed E-state index contributed by atoms with van der Waals surface area (Å²) >= 11 is 0. The minimum Gasteiger partial charge on any atom is -0.469 e. The molecular weight excluding hydrogens is 204 g/mol. The van der Waals surface area contributed by atoms with Gasteiger partial charge in [0, 0.05) is 12.5 Å². The van der Waals surface area contributed by atoms with E-state index in [2.05, 4.69) is 15.4 Å². The maximum atomic E-state index is 11.0. The summed E-state index contributed by atoms with van der Waals surface area (Å²) < 4.78 is 4.65. The summed E-state index contributed by atoms with van der Waals surface area (Å²) in [5.41, 5.74) is 0. The maximum Gasteiger partial charge on any atom is 0.305 e. The fourth-order valence-electron chi connectivity index (χ4n) is 2.92. The van der Waals surface area contributed by atoms with Gasteiger partial charge in [0.25, 0.3) is 0 Å². The summed E-state index contributed by atoms with van der Waals surface area (Å²) in [5, 5.41) is 7.12. The van der Waals surface area contributed by atoms with E-state index >= 15 is 0 Å². The molecule has 92 valence electrons. The molecule has 4 nitrogen and oxygen atoms in total. The Balaban J connectivity index is 1.71. The van der Waals surface area contributed by atoms with E-state index in [1.54, 1.807) is 0 Å². The Morgan fingerprint density at radius 2 is 2.25 bits per heavy atom. The van der Waals surface area contributed by atoms with Crippen molar-refractivity contribution in [2.24, 2.45) is 11.8 Å². The van der Waals surface area contributed by atoms with E-state index in [1.165, 1.54) is 20.1 Å². The molecule has 2 aliphatic heterocycles. The quantitative estimate of drug-likeness (QED) is 0.687. The Morgan fingerprint density at radius 3 is 3.06 bits per heavy atom. The van der Waals surface area contributed by atoms with E-state index in [1.807, 2.05) is 0 Å². The monoisotopic (exact) mass is 226 g/mol. The largest absolute Gasteiger partial charge is 0.469 e. The molecule has 0 amide bonds. The molecule has 0 saturated carbocycles. The minimum absolute atomic E-state index is 0.0875. The van der Waals surface area contributed by atoms with E-state index in [9.17, 15) is 4.79 Å². The van der Waals surface area contributed by atoms with E-state index < -0.39 is 0 Å². The van der Waals surface area contributed by atoms with Gasteiger partial charge in [0.1, 0.15) is 0 Å². The number of carbonyl (C=O) groups excluding carboxylic acids is 1. The number of hydrogen-bond donors (Lipinski definition) is 2. The molecule has 16 heavy (non-hydrogen) atoms. The predicted molar refractivity (Wildman–Crippen MR) is 62.1 cm³/mol. The van der Waals surface area contributed by atoms with Crippen molar-refractivity contribution < 1.29 is 9.53 Å². The van der Waals surface area contributed by atoms with E-state index in [0.717, 1.165) is 37.8 Å². The first kappa shape index (κ1) is 11.9. The number of fused-ring (bicyclic) bond motifs is 2. The first-order valence-electron chi connectivity index (χ1n) is 6.30. The highest BCUT2D eigenvalue weighted by Crippen LogP contribution is 2.26. The molecule has 2 rings (SSSR count). The number of nitrogens with one attached hydrogen (secondary N) is 2. The van der Waals surface area contributed by atoms with Crippen LogP contribution in [0.3, 0.4) is 0 Å². The van der Waals surface area contributed by atoms with Crippen molar-refractivity contribution >= 4 is 5.97 Å². The van der Waals surface area contributed by atoms with Gasteiger partial charge < -0.3 is 15.4 Å². The average molecular weight is 226 g/mol. The minimum atomic E-state index is -0.0875. The summed E-state index contributed by atoms with van der Waals surface area (Å²) in [6, 6.07) is 0.591. The molecule has 4 heteroatoms. The van der Waals surface area contributed by atoms with Gasteiger partial charge in [0.05, 0.1) is 7.11 Å². The van der Waals surface area contributed by atoms with Crippen LogP contribution in [0.4, 0.5) is 0 Å². The van der Waals surface area contributed by atoms with Crippen molar-refractivity contribution in [1.29, 1.82) is 0 Å². The van der Waals surface area contributed by atoms with Crippen LogP contribution < -0.4 is 10.6 Å². The van der Waals surface area contributed by atoms with Gasteiger partial charge in [-0.2, -0.15) is 0 Å². The second-order valence-corrected chi connectivity index (χ2v) is 5.00. The zero-order valence-corrected chi connectivity index (χ0v) is 10.00. The second-order valence-electron chi connectivity index (χ2n) is 5.00. The zero-order valence-electron chi connectivity index (χ0n) is 10.00. The van der Waals surface area contributed by atoms with E-state index in [4.69, 9.17) is 0 Å². The molecule has 0 aromatic rings. The number of piperidine rings is 2. The Hall–Kier alpha value is -0.610. The van der Waals surface area contributed by atoms with Crippen LogP contribution in [-0.4, -0.2) is 38.8 Å². The Labute approximate surface area is 97.1 Å². The molecule has 3 atom stereocenters. The smallest absolute Gasteiger partial charge is 0.305 e. The summed E-state index contributed by atoms with van der Waals surface area (Å²) in [6.45, 7) is 3.43. The van der Waals surface area contributed by atoms with Gasteiger partial charge >= 0.3 is 5.97 Å². The number of hydrogen-bond acceptors (Lipinski definition) is 4. The Kier molecular flexibility index (Phi) is 4.18. The number of ether oxygens (including phenoxy) is 1. The highest BCUT2D eigenvalue weighted by atomic mass is 16.5. The van der Waals surface area contributed by atoms with Gasteiger partial charge in [0.2, 0.25) is 0 Å². The third-order valence-electron chi connectivity index (χ3n) is 3.84. The molecule has 0 aromatic carbocycles. The van der Waals surface area contributed by atoms with Crippen LogP contribution >= 0.6 is 0 Å². The van der Waals surface area contributed by atoms with E-state index in [0.29, 0.717) is 12.5 Å². The van der Waals surface area contributed by atoms with Gasteiger partial charge in [-0.05, 0) is 50.7 Å². The lowest BCUT2D eigenvalue weighted by molar-refractivity contribution is -0.140. The molecule has 0 aliphatic carbocycles. The third kappa shape index (κ3) is 2.95. The van der Waals surface area contributed by atoms with Crippen LogP contribution in [-0.2, 0) is 9.53 Å².